The molecule has 0 bridgehead atoms. The van der Waals surface area contributed by atoms with Gasteiger partial charge in [-0.05, 0) is 12.1 Å². The molecule has 1 aromatic heterocycles. The molecule has 0 unspecified atom stereocenters. The van der Waals surface area contributed by atoms with E-state index in [9.17, 15) is 9.36 Å². The van der Waals surface area contributed by atoms with E-state index in [4.69, 9.17) is 19.5 Å². The molecule has 0 amide bonds. The van der Waals surface area contributed by atoms with Gasteiger partial charge in [-0.2, -0.15) is 5.26 Å². The first-order valence-corrected chi connectivity index (χ1v) is 6.15. The van der Waals surface area contributed by atoms with Gasteiger partial charge >= 0.3 is 13.4 Å². The van der Waals surface area contributed by atoms with E-state index < -0.39 is 13.4 Å². The van der Waals surface area contributed by atoms with Crippen molar-refractivity contribution in [2.24, 2.45) is 0 Å². The van der Waals surface area contributed by atoms with E-state index in [1.807, 2.05) is 0 Å². The fourth-order valence-electron chi connectivity index (χ4n) is 1.39. The minimum absolute atomic E-state index is 0.0697. The Kier molecular flexibility index (Phi) is 2.93. The van der Waals surface area contributed by atoms with E-state index in [0.29, 0.717) is 5.39 Å². The highest BCUT2D eigenvalue weighted by atomic mass is 31.2. The van der Waals surface area contributed by atoms with Gasteiger partial charge in [-0.1, -0.05) is 0 Å². The summed E-state index contributed by atoms with van der Waals surface area (Å²) in [6, 6.07) is 6.74. The van der Waals surface area contributed by atoms with Crippen molar-refractivity contribution in [1.29, 1.82) is 5.26 Å². The third-order valence-electron chi connectivity index (χ3n) is 2.06. The fourth-order valence-corrected chi connectivity index (χ4v) is 1.80. The maximum Gasteiger partial charge on any atom is 0.524 e. The SMILES string of the molecule is N#Cc1cc2ccc(=O)oc2cc1OP(=O)(O)O. The van der Waals surface area contributed by atoms with E-state index in [2.05, 4.69) is 4.52 Å². The van der Waals surface area contributed by atoms with Gasteiger partial charge in [0.15, 0.2) is 5.75 Å². The molecule has 92 valence electrons. The van der Waals surface area contributed by atoms with Crippen LogP contribution < -0.4 is 10.1 Å². The number of hydrogen-bond donors (Lipinski definition) is 2. The van der Waals surface area contributed by atoms with Crippen molar-refractivity contribution in [1.82, 2.24) is 0 Å². The molecule has 0 radical (unpaired) electrons. The summed E-state index contributed by atoms with van der Waals surface area (Å²) in [6.45, 7) is 0. The monoisotopic (exact) mass is 267 g/mol. The Balaban J connectivity index is 2.68. The smallest absolute Gasteiger partial charge is 0.423 e. The zero-order valence-corrected chi connectivity index (χ0v) is 9.63. The lowest BCUT2D eigenvalue weighted by molar-refractivity contribution is 0.283. The summed E-state index contributed by atoms with van der Waals surface area (Å²) in [5.74, 6) is -0.340. The average Bonchev–Trinajstić information content (AvgIpc) is 2.25. The van der Waals surface area contributed by atoms with Gasteiger partial charge < -0.3 is 8.94 Å². The highest BCUT2D eigenvalue weighted by Gasteiger charge is 2.19. The molecule has 0 saturated heterocycles. The molecule has 0 aliphatic carbocycles. The number of nitrogens with zero attached hydrogens (tertiary/aromatic N) is 1. The Labute approximate surface area is 100 Å². The van der Waals surface area contributed by atoms with Gasteiger partial charge in [0.25, 0.3) is 0 Å². The molecule has 18 heavy (non-hydrogen) atoms. The van der Waals surface area contributed by atoms with Crippen LogP contribution in [0.3, 0.4) is 0 Å². The molecule has 0 atom stereocenters. The maximum absolute atomic E-state index is 11.0. The number of benzene rings is 1. The second kappa shape index (κ2) is 4.27. The summed E-state index contributed by atoms with van der Waals surface area (Å²) in [4.78, 5) is 28.4. The van der Waals surface area contributed by atoms with Crippen LogP contribution >= 0.6 is 7.82 Å². The molecule has 2 aromatic rings. The fraction of sp³-hybridized carbons (Fsp3) is 0. The van der Waals surface area contributed by atoms with Gasteiger partial charge in [-0.15, -0.1) is 0 Å². The van der Waals surface area contributed by atoms with Gasteiger partial charge in [0.2, 0.25) is 0 Å². The minimum Gasteiger partial charge on any atom is -0.423 e. The van der Waals surface area contributed by atoms with Crippen LogP contribution in [-0.2, 0) is 4.57 Å². The van der Waals surface area contributed by atoms with Crippen LogP contribution in [0.1, 0.15) is 5.56 Å². The Bertz CT molecular complexity index is 753. The van der Waals surface area contributed by atoms with Gasteiger partial charge in [-0.3, -0.25) is 9.79 Å². The summed E-state index contributed by atoms with van der Waals surface area (Å²) >= 11 is 0. The first kappa shape index (κ1) is 12.3. The summed E-state index contributed by atoms with van der Waals surface area (Å²) in [5.41, 5.74) is -0.612. The maximum atomic E-state index is 11.0. The molecular weight excluding hydrogens is 261 g/mol. The zero-order valence-electron chi connectivity index (χ0n) is 8.73. The van der Waals surface area contributed by atoms with E-state index in [1.165, 1.54) is 18.2 Å². The Morgan fingerprint density at radius 2 is 2.06 bits per heavy atom. The highest BCUT2D eigenvalue weighted by Crippen LogP contribution is 2.40. The van der Waals surface area contributed by atoms with E-state index in [0.717, 1.165) is 6.07 Å². The molecule has 1 aromatic carbocycles. The molecule has 0 spiro atoms. The number of phosphoric acid groups is 1. The van der Waals surface area contributed by atoms with Crippen molar-refractivity contribution in [3.05, 3.63) is 40.2 Å². The largest absolute Gasteiger partial charge is 0.524 e. The van der Waals surface area contributed by atoms with Crippen molar-refractivity contribution in [2.45, 2.75) is 0 Å². The van der Waals surface area contributed by atoms with Crippen molar-refractivity contribution in [2.75, 3.05) is 0 Å². The molecule has 0 aliphatic heterocycles. The van der Waals surface area contributed by atoms with E-state index in [-0.39, 0.29) is 16.9 Å². The molecule has 0 aliphatic rings. The Morgan fingerprint density at radius 3 is 2.67 bits per heavy atom. The van der Waals surface area contributed by atoms with Crippen LogP contribution in [0.2, 0.25) is 0 Å². The van der Waals surface area contributed by atoms with Crippen LogP contribution in [-0.4, -0.2) is 9.79 Å². The predicted molar refractivity (Wildman–Crippen MR) is 59.9 cm³/mol. The average molecular weight is 267 g/mol. The van der Waals surface area contributed by atoms with Crippen LogP contribution in [0.5, 0.6) is 5.75 Å². The van der Waals surface area contributed by atoms with Crippen LogP contribution in [0.25, 0.3) is 11.0 Å². The summed E-state index contributed by atoms with van der Waals surface area (Å²) in [6.07, 6.45) is 0. The summed E-state index contributed by atoms with van der Waals surface area (Å²) < 4.78 is 19.9. The van der Waals surface area contributed by atoms with Gasteiger partial charge in [0.05, 0.1) is 5.56 Å². The molecule has 8 heteroatoms. The van der Waals surface area contributed by atoms with Crippen molar-refractivity contribution < 1.29 is 23.3 Å². The van der Waals surface area contributed by atoms with Crippen LogP contribution in [0.4, 0.5) is 0 Å². The van der Waals surface area contributed by atoms with Crippen molar-refractivity contribution >= 4 is 18.8 Å². The van der Waals surface area contributed by atoms with Gasteiger partial charge in [0, 0.05) is 17.5 Å². The topological polar surface area (TPSA) is 121 Å². The second-order valence-electron chi connectivity index (χ2n) is 3.33. The molecule has 7 nitrogen and oxygen atoms in total. The quantitative estimate of drug-likeness (QED) is 0.618. The normalized spacial score (nSPS) is 11.2. The van der Waals surface area contributed by atoms with Gasteiger partial charge in [0.1, 0.15) is 11.7 Å². The van der Waals surface area contributed by atoms with E-state index in [1.54, 1.807) is 6.07 Å². The minimum atomic E-state index is -4.79. The Morgan fingerprint density at radius 1 is 1.33 bits per heavy atom. The molecule has 1 heterocycles. The number of hydrogen-bond acceptors (Lipinski definition) is 5. The molecular formula is C10H6NO6P. The lowest BCUT2D eigenvalue weighted by atomic mass is 10.1. The molecule has 2 rings (SSSR count). The number of phosphoric ester groups is 1. The third-order valence-corrected chi connectivity index (χ3v) is 2.49. The summed E-state index contributed by atoms with van der Waals surface area (Å²) in [7, 11) is -4.79. The lowest BCUT2D eigenvalue weighted by Crippen LogP contribution is -1.97. The molecule has 0 fully saturated rings. The number of fused-ring (bicyclic) bond motifs is 1. The molecule has 2 N–H and O–H groups in total. The highest BCUT2D eigenvalue weighted by molar-refractivity contribution is 7.46. The van der Waals surface area contributed by atoms with E-state index >= 15 is 0 Å². The van der Waals surface area contributed by atoms with Crippen molar-refractivity contribution in [3.8, 4) is 11.8 Å². The van der Waals surface area contributed by atoms with Crippen LogP contribution in [0.15, 0.2) is 33.5 Å². The molecule has 0 saturated carbocycles. The number of nitriles is 1. The first-order chi connectivity index (χ1) is 8.39. The van der Waals surface area contributed by atoms with Crippen LogP contribution in [0, 0.1) is 11.3 Å². The Hall–Kier alpha value is -2.13. The lowest BCUT2D eigenvalue weighted by Gasteiger charge is -2.08. The third kappa shape index (κ3) is 2.57. The zero-order chi connectivity index (χ0) is 13.3. The van der Waals surface area contributed by atoms with Gasteiger partial charge in [-0.25, -0.2) is 9.36 Å². The first-order valence-electron chi connectivity index (χ1n) is 4.62. The number of rotatable bonds is 2. The predicted octanol–water partition coefficient (Wildman–Crippen LogP) is 1.14. The standard InChI is InChI=1S/C10H6NO6P/c11-5-7-3-6-1-2-10(12)16-8(6)4-9(7)17-18(13,14)15/h1-4H,(H2,13,14,15). The summed E-state index contributed by atoms with van der Waals surface area (Å²) in [5, 5.41) is 9.30. The van der Waals surface area contributed by atoms with Crippen molar-refractivity contribution in [3.63, 3.8) is 0 Å². The second-order valence-corrected chi connectivity index (χ2v) is 4.50.